The van der Waals surface area contributed by atoms with Gasteiger partial charge >= 0.3 is 0 Å². The van der Waals surface area contributed by atoms with Crippen molar-refractivity contribution in [1.82, 2.24) is 14.7 Å². The number of halogens is 1. The van der Waals surface area contributed by atoms with Crippen molar-refractivity contribution in [1.29, 1.82) is 0 Å². The van der Waals surface area contributed by atoms with Crippen molar-refractivity contribution >= 4 is 0 Å². The number of aryl methyl sites for hydroxylation is 1. The fourth-order valence-electron chi connectivity index (χ4n) is 3.86. The number of benzene rings is 2. The van der Waals surface area contributed by atoms with E-state index in [1.54, 1.807) is 16.8 Å². The molecule has 6 nitrogen and oxygen atoms in total. The van der Waals surface area contributed by atoms with Gasteiger partial charge in [-0.3, -0.25) is 4.90 Å². The Balaban J connectivity index is 1.67. The van der Waals surface area contributed by atoms with Gasteiger partial charge in [0.1, 0.15) is 17.3 Å². The normalized spacial score (nSPS) is 14.7. The Morgan fingerprint density at radius 2 is 1.97 bits per heavy atom. The third-order valence-electron chi connectivity index (χ3n) is 5.53. The largest absolute Gasteiger partial charge is 0.439 e. The van der Waals surface area contributed by atoms with Crippen LogP contribution in [0.2, 0.25) is 0 Å². The van der Waals surface area contributed by atoms with Gasteiger partial charge in [-0.05, 0) is 31.9 Å². The van der Waals surface area contributed by atoms with Crippen LogP contribution in [0.5, 0.6) is 11.6 Å². The fraction of sp³-hybridized carbons (Fsp3) is 0.400. The highest BCUT2D eigenvalue weighted by Gasteiger charge is 2.33. The molecule has 1 fully saturated rings. The predicted molar refractivity (Wildman–Crippen MR) is 121 cm³/mol. The molecule has 1 N–H and O–H groups in total. The Bertz CT molecular complexity index is 1020. The minimum Gasteiger partial charge on any atom is -0.439 e. The van der Waals surface area contributed by atoms with Gasteiger partial charge in [0.15, 0.2) is 0 Å². The van der Waals surface area contributed by atoms with Crippen molar-refractivity contribution in [2.45, 2.75) is 38.5 Å². The van der Waals surface area contributed by atoms with Crippen LogP contribution in [0.4, 0.5) is 4.39 Å². The van der Waals surface area contributed by atoms with E-state index >= 15 is 0 Å². The molecule has 170 valence electrons. The molecule has 0 amide bonds. The maximum Gasteiger partial charge on any atom is 0.222 e. The Morgan fingerprint density at radius 3 is 2.66 bits per heavy atom. The van der Waals surface area contributed by atoms with Crippen LogP contribution in [0.25, 0.3) is 11.3 Å². The van der Waals surface area contributed by atoms with Crippen LogP contribution >= 0.6 is 0 Å². The number of aliphatic hydroxyl groups is 1. The first-order valence-electron chi connectivity index (χ1n) is 11.1. The van der Waals surface area contributed by atoms with Crippen LogP contribution in [-0.4, -0.2) is 51.7 Å². The minimum absolute atomic E-state index is 0.310. The Morgan fingerprint density at radius 1 is 1.19 bits per heavy atom. The standard InChI is InChI=1S/C25H30FN3O3/c1-3-31-17-21(30)15-29(20-12-13-20)16-23-24(18-8-5-4-6-9-18)27-28(2)25(23)32-22-11-7-10-19(26)14-22/h4-11,14,20-21,30H,3,12-13,15-17H2,1-2H3. The molecule has 0 radical (unpaired) electrons. The zero-order valence-electron chi connectivity index (χ0n) is 18.6. The Hall–Kier alpha value is -2.74. The van der Waals surface area contributed by atoms with Crippen LogP contribution in [0.3, 0.4) is 0 Å². The van der Waals surface area contributed by atoms with Gasteiger partial charge in [0.05, 0.1) is 18.3 Å². The van der Waals surface area contributed by atoms with Gasteiger partial charge in [0.2, 0.25) is 5.88 Å². The van der Waals surface area contributed by atoms with Crippen LogP contribution < -0.4 is 4.74 Å². The van der Waals surface area contributed by atoms with Crippen molar-refractivity contribution in [2.24, 2.45) is 7.05 Å². The van der Waals surface area contributed by atoms with Gasteiger partial charge in [-0.1, -0.05) is 36.4 Å². The van der Waals surface area contributed by atoms with E-state index in [0.29, 0.717) is 44.0 Å². The van der Waals surface area contributed by atoms with Gasteiger partial charge in [-0.15, -0.1) is 0 Å². The zero-order valence-corrected chi connectivity index (χ0v) is 18.6. The van der Waals surface area contributed by atoms with Crippen LogP contribution in [0, 0.1) is 5.82 Å². The lowest BCUT2D eigenvalue weighted by molar-refractivity contribution is 0.0178. The molecule has 1 aliphatic rings. The van der Waals surface area contributed by atoms with Gasteiger partial charge < -0.3 is 14.6 Å². The van der Waals surface area contributed by atoms with Crippen molar-refractivity contribution < 1.29 is 19.0 Å². The maximum absolute atomic E-state index is 13.8. The predicted octanol–water partition coefficient (Wildman–Crippen LogP) is 4.38. The first kappa shape index (κ1) is 22.5. The molecular weight excluding hydrogens is 409 g/mol. The highest BCUT2D eigenvalue weighted by Crippen LogP contribution is 2.37. The Kier molecular flexibility index (Phi) is 7.19. The van der Waals surface area contributed by atoms with E-state index in [1.807, 2.05) is 44.3 Å². The molecule has 0 bridgehead atoms. The average Bonchev–Trinajstić information content (AvgIpc) is 3.59. The summed E-state index contributed by atoms with van der Waals surface area (Å²) in [6, 6.07) is 16.5. The first-order valence-corrected chi connectivity index (χ1v) is 11.1. The molecule has 32 heavy (non-hydrogen) atoms. The minimum atomic E-state index is -0.569. The summed E-state index contributed by atoms with van der Waals surface area (Å²) in [5.74, 6) is 0.635. The lowest BCUT2D eigenvalue weighted by atomic mass is 10.1. The van der Waals surface area contributed by atoms with Crippen molar-refractivity contribution in [3.63, 3.8) is 0 Å². The van der Waals surface area contributed by atoms with E-state index in [0.717, 1.165) is 29.7 Å². The van der Waals surface area contributed by atoms with Crippen molar-refractivity contribution in [3.8, 4) is 22.9 Å². The molecule has 1 saturated carbocycles. The van der Waals surface area contributed by atoms with E-state index < -0.39 is 6.10 Å². The van der Waals surface area contributed by atoms with Crippen LogP contribution in [-0.2, 0) is 18.3 Å². The SMILES string of the molecule is CCOCC(O)CN(Cc1c(-c2ccccc2)nn(C)c1Oc1cccc(F)c1)C1CC1. The highest BCUT2D eigenvalue weighted by molar-refractivity contribution is 5.65. The van der Waals surface area contributed by atoms with Crippen molar-refractivity contribution in [2.75, 3.05) is 19.8 Å². The number of hydrogen-bond donors (Lipinski definition) is 1. The number of nitrogens with zero attached hydrogens (tertiary/aromatic N) is 3. The number of aliphatic hydroxyl groups excluding tert-OH is 1. The monoisotopic (exact) mass is 439 g/mol. The summed E-state index contributed by atoms with van der Waals surface area (Å²) in [4.78, 5) is 2.27. The summed E-state index contributed by atoms with van der Waals surface area (Å²) in [6.07, 6.45) is 1.63. The summed E-state index contributed by atoms with van der Waals surface area (Å²) in [5.41, 5.74) is 2.72. The molecule has 4 rings (SSSR count). The van der Waals surface area contributed by atoms with Crippen LogP contribution in [0.15, 0.2) is 54.6 Å². The third-order valence-corrected chi connectivity index (χ3v) is 5.53. The summed E-state index contributed by atoms with van der Waals surface area (Å²) in [6.45, 7) is 3.88. The molecule has 7 heteroatoms. The van der Waals surface area contributed by atoms with E-state index in [1.165, 1.54) is 12.1 Å². The summed E-state index contributed by atoms with van der Waals surface area (Å²) in [5, 5.41) is 15.2. The summed E-state index contributed by atoms with van der Waals surface area (Å²) >= 11 is 0. The highest BCUT2D eigenvalue weighted by atomic mass is 19.1. The third kappa shape index (κ3) is 5.54. The second kappa shape index (κ2) is 10.3. The zero-order chi connectivity index (χ0) is 22.5. The lowest BCUT2D eigenvalue weighted by Gasteiger charge is -2.25. The summed E-state index contributed by atoms with van der Waals surface area (Å²) in [7, 11) is 1.83. The fourth-order valence-corrected chi connectivity index (χ4v) is 3.86. The Labute approximate surface area is 188 Å². The molecule has 1 heterocycles. The van der Waals surface area contributed by atoms with Crippen LogP contribution in [0.1, 0.15) is 25.3 Å². The smallest absolute Gasteiger partial charge is 0.222 e. The van der Waals surface area contributed by atoms with Gasteiger partial charge in [-0.2, -0.15) is 5.10 Å². The quantitative estimate of drug-likeness (QED) is 0.481. The maximum atomic E-state index is 13.8. The molecule has 0 spiro atoms. The first-order chi connectivity index (χ1) is 15.5. The number of hydrogen-bond acceptors (Lipinski definition) is 5. The molecule has 0 saturated heterocycles. The van der Waals surface area contributed by atoms with E-state index in [4.69, 9.17) is 14.6 Å². The second-order valence-electron chi connectivity index (χ2n) is 8.16. The van der Waals surface area contributed by atoms with E-state index in [2.05, 4.69) is 4.90 Å². The molecular formula is C25H30FN3O3. The number of rotatable bonds is 11. The topological polar surface area (TPSA) is 59.8 Å². The second-order valence-corrected chi connectivity index (χ2v) is 8.16. The molecule has 2 aromatic carbocycles. The van der Waals surface area contributed by atoms with Gasteiger partial charge in [0, 0.05) is 44.4 Å². The number of aromatic nitrogens is 2. The molecule has 0 aliphatic heterocycles. The number of ether oxygens (including phenoxy) is 2. The molecule has 3 aromatic rings. The molecule has 1 aromatic heterocycles. The summed E-state index contributed by atoms with van der Waals surface area (Å²) < 4.78 is 27.0. The van der Waals surface area contributed by atoms with Crippen molar-refractivity contribution in [3.05, 3.63) is 66.0 Å². The molecule has 1 unspecified atom stereocenters. The molecule has 1 aliphatic carbocycles. The lowest BCUT2D eigenvalue weighted by Crippen LogP contribution is -2.36. The van der Waals surface area contributed by atoms with E-state index in [-0.39, 0.29) is 5.82 Å². The molecule has 1 atom stereocenters. The average molecular weight is 440 g/mol. The van der Waals surface area contributed by atoms with Gasteiger partial charge in [-0.25, -0.2) is 9.07 Å². The van der Waals surface area contributed by atoms with Gasteiger partial charge in [0.25, 0.3) is 0 Å². The van der Waals surface area contributed by atoms with E-state index in [9.17, 15) is 9.50 Å².